The molecule has 2 N–H and O–H groups in total. The first-order valence-electron chi connectivity index (χ1n) is 11.1. The van der Waals surface area contributed by atoms with Crippen LogP contribution in [0, 0.1) is 11.8 Å². The number of amides is 2. The van der Waals surface area contributed by atoms with E-state index in [2.05, 4.69) is 43.3 Å². The molecule has 0 aliphatic rings. The molecule has 0 aliphatic carbocycles. The number of unbranched alkanes of at least 4 members (excludes halogenated alkanes) is 2. The maximum atomic E-state index is 12.4. The lowest BCUT2D eigenvalue weighted by Gasteiger charge is -2.16. The molecule has 5 heteroatoms. The topological polar surface area (TPSA) is 71.1 Å². The zero-order valence-electron chi connectivity index (χ0n) is 18.2. The molecule has 0 spiro atoms. The van der Waals surface area contributed by atoms with E-state index < -0.39 is 0 Å². The third-order valence-corrected chi connectivity index (χ3v) is 5.40. The molecule has 2 atom stereocenters. The average molecular weight is 390 g/mol. The van der Waals surface area contributed by atoms with Crippen LogP contribution >= 0.6 is 0 Å². The third kappa shape index (κ3) is 8.85. The van der Waals surface area contributed by atoms with Gasteiger partial charge in [-0.15, -0.1) is 0 Å². The predicted molar refractivity (Wildman–Crippen MR) is 116 cm³/mol. The van der Waals surface area contributed by atoms with Crippen molar-refractivity contribution in [2.75, 3.05) is 13.1 Å². The van der Waals surface area contributed by atoms with Gasteiger partial charge in [-0.25, -0.2) is 4.98 Å². The highest BCUT2D eigenvalue weighted by Crippen LogP contribution is 2.12. The van der Waals surface area contributed by atoms with Gasteiger partial charge in [0.25, 0.3) is 11.8 Å². The predicted octanol–water partition coefficient (Wildman–Crippen LogP) is 4.97. The summed E-state index contributed by atoms with van der Waals surface area (Å²) in [6, 6.07) is 5.05. The number of aromatic nitrogens is 1. The molecule has 158 valence electrons. The van der Waals surface area contributed by atoms with Crippen LogP contribution in [0.1, 0.15) is 100 Å². The zero-order chi connectivity index (χ0) is 20.8. The molecule has 0 fully saturated rings. The Kier molecular flexibility index (Phi) is 12.2. The van der Waals surface area contributed by atoms with E-state index in [1.807, 2.05) is 0 Å². The summed E-state index contributed by atoms with van der Waals surface area (Å²) in [5.74, 6) is 0.562. The molecule has 2 amide bonds. The fourth-order valence-electron chi connectivity index (χ4n) is 3.23. The van der Waals surface area contributed by atoms with Crippen molar-refractivity contribution in [2.24, 2.45) is 11.8 Å². The number of carbonyl (C=O) groups is 2. The number of rotatable bonds is 14. The van der Waals surface area contributed by atoms with Crippen molar-refractivity contribution in [3.8, 4) is 0 Å². The van der Waals surface area contributed by atoms with E-state index in [0.717, 1.165) is 25.7 Å². The molecule has 2 unspecified atom stereocenters. The second-order valence-electron chi connectivity index (χ2n) is 7.66. The molecular weight excluding hydrogens is 350 g/mol. The van der Waals surface area contributed by atoms with E-state index in [9.17, 15) is 9.59 Å². The lowest BCUT2D eigenvalue weighted by molar-refractivity contribution is 0.0936. The molecule has 1 aromatic heterocycles. The van der Waals surface area contributed by atoms with Gasteiger partial charge >= 0.3 is 0 Å². The molecule has 5 nitrogen and oxygen atoms in total. The maximum Gasteiger partial charge on any atom is 0.269 e. The number of nitrogens with zero attached hydrogens (tertiary/aromatic N) is 1. The van der Waals surface area contributed by atoms with Crippen molar-refractivity contribution >= 4 is 11.8 Å². The van der Waals surface area contributed by atoms with Gasteiger partial charge in [-0.1, -0.05) is 72.3 Å². The summed E-state index contributed by atoms with van der Waals surface area (Å²) in [4.78, 5) is 29.2. The van der Waals surface area contributed by atoms with Crippen LogP contribution in [0.25, 0.3) is 0 Å². The van der Waals surface area contributed by atoms with Gasteiger partial charge in [0.05, 0.1) is 0 Å². The van der Waals surface area contributed by atoms with Crippen molar-refractivity contribution in [3.63, 3.8) is 0 Å². The minimum Gasteiger partial charge on any atom is -0.350 e. The van der Waals surface area contributed by atoms with Crippen molar-refractivity contribution in [1.29, 1.82) is 0 Å². The van der Waals surface area contributed by atoms with Gasteiger partial charge < -0.3 is 10.6 Å². The number of carbonyl (C=O) groups excluding carboxylic acids is 2. The number of hydrogen-bond donors (Lipinski definition) is 2. The normalized spacial score (nSPS) is 13.0. The molecular formula is C23H39N3O2. The van der Waals surface area contributed by atoms with Gasteiger partial charge in [-0.05, 0) is 36.8 Å². The highest BCUT2D eigenvalue weighted by Gasteiger charge is 2.15. The van der Waals surface area contributed by atoms with Gasteiger partial charge in [0.15, 0.2) is 0 Å². The standard InChI is InChI=1S/C23H39N3O2/c1-5-9-12-18(7-3)16-24-22(27)20-14-11-15-21(26-20)23(28)25-17-19(8-4)13-10-6-2/h11,14-15,18-19H,5-10,12-13,16-17H2,1-4H3,(H,24,27)(H,25,28). The second kappa shape index (κ2) is 14.1. The highest BCUT2D eigenvalue weighted by molar-refractivity contribution is 5.96. The highest BCUT2D eigenvalue weighted by atomic mass is 16.2. The summed E-state index contributed by atoms with van der Waals surface area (Å²) in [6.45, 7) is 9.97. The van der Waals surface area contributed by atoms with E-state index in [4.69, 9.17) is 0 Å². The number of hydrogen-bond acceptors (Lipinski definition) is 3. The Morgan fingerprint density at radius 1 is 0.821 bits per heavy atom. The third-order valence-electron chi connectivity index (χ3n) is 5.40. The maximum absolute atomic E-state index is 12.4. The summed E-state index contributed by atoms with van der Waals surface area (Å²) in [5, 5.41) is 5.95. The van der Waals surface area contributed by atoms with Crippen LogP contribution in [0.3, 0.4) is 0 Å². The Morgan fingerprint density at radius 2 is 1.25 bits per heavy atom. The van der Waals surface area contributed by atoms with Crippen LogP contribution in [0.5, 0.6) is 0 Å². The quantitative estimate of drug-likeness (QED) is 0.472. The molecule has 0 bridgehead atoms. The van der Waals surface area contributed by atoms with Crippen LogP contribution in [0.15, 0.2) is 18.2 Å². The van der Waals surface area contributed by atoms with Crippen molar-refractivity contribution in [1.82, 2.24) is 15.6 Å². The second-order valence-corrected chi connectivity index (χ2v) is 7.66. The zero-order valence-corrected chi connectivity index (χ0v) is 18.2. The van der Waals surface area contributed by atoms with Crippen LogP contribution in [0.2, 0.25) is 0 Å². The smallest absolute Gasteiger partial charge is 0.269 e. The fourth-order valence-corrected chi connectivity index (χ4v) is 3.23. The largest absolute Gasteiger partial charge is 0.350 e. The molecule has 1 aromatic rings. The first kappa shape index (κ1) is 24.1. The van der Waals surface area contributed by atoms with Gasteiger partial charge in [0, 0.05) is 13.1 Å². The molecule has 0 aliphatic heterocycles. The molecule has 0 saturated carbocycles. The van der Waals surface area contributed by atoms with Gasteiger partial charge in [-0.3, -0.25) is 9.59 Å². The summed E-state index contributed by atoms with van der Waals surface area (Å²) in [7, 11) is 0. The first-order valence-corrected chi connectivity index (χ1v) is 11.1. The van der Waals surface area contributed by atoms with Crippen molar-refractivity contribution in [2.45, 2.75) is 79.1 Å². The van der Waals surface area contributed by atoms with E-state index >= 15 is 0 Å². The number of nitrogens with one attached hydrogen (secondary N) is 2. The Labute approximate surface area is 171 Å². The average Bonchev–Trinajstić information content (AvgIpc) is 2.73. The summed E-state index contributed by atoms with van der Waals surface area (Å²) < 4.78 is 0. The number of pyridine rings is 1. The Bertz CT molecular complexity index is 542. The SMILES string of the molecule is CCCCC(CC)CNC(=O)c1cccc(C(=O)NCC(CC)CCCC)n1. The van der Waals surface area contributed by atoms with Crippen LogP contribution in [0.4, 0.5) is 0 Å². The molecule has 1 heterocycles. The fraction of sp³-hybridized carbons (Fsp3) is 0.696. The van der Waals surface area contributed by atoms with Gasteiger partial charge in [0.2, 0.25) is 0 Å². The Morgan fingerprint density at radius 3 is 1.61 bits per heavy atom. The minimum atomic E-state index is -0.209. The molecule has 28 heavy (non-hydrogen) atoms. The van der Waals surface area contributed by atoms with Crippen LogP contribution in [-0.2, 0) is 0 Å². The van der Waals surface area contributed by atoms with E-state index in [1.54, 1.807) is 18.2 Å². The van der Waals surface area contributed by atoms with Gasteiger partial charge in [0.1, 0.15) is 11.4 Å². The summed E-state index contributed by atoms with van der Waals surface area (Å²) in [6.07, 6.45) is 9.04. The molecule has 0 saturated heterocycles. The van der Waals surface area contributed by atoms with Crippen LogP contribution in [-0.4, -0.2) is 29.9 Å². The lowest BCUT2D eigenvalue weighted by Crippen LogP contribution is -2.32. The summed E-state index contributed by atoms with van der Waals surface area (Å²) in [5.41, 5.74) is 0.604. The summed E-state index contributed by atoms with van der Waals surface area (Å²) >= 11 is 0. The van der Waals surface area contributed by atoms with E-state index in [0.29, 0.717) is 36.3 Å². The van der Waals surface area contributed by atoms with Crippen LogP contribution < -0.4 is 10.6 Å². The van der Waals surface area contributed by atoms with Crippen molar-refractivity contribution < 1.29 is 9.59 Å². The van der Waals surface area contributed by atoms with E-state index in [1.165, 1.54) is 25.7 Å². The lowest BCUT2D eigenvalue weighted by atomic mass is 9.99. The first-order chi connectivity index (χ1) is 13.5. The molecule has 0 radical (unpaired) electrons. The van der Waals surface area contributed by atoms with Gasteiger partial charge in [-0.2, -0.15) is 0 Å². The Balaban J connectivity index is 2.59. The molecule has 1 rings (SSSR count). The minimum absolute atomic E-state index is 0.209. The molecule has 0 aromatic carbocycles. The Hall–Kier alpha value is -1.91. The van der Waals surface area contributed by atoms with Crippen molar-refractivity contribution in [3.05, 3.63) is 29.6 Å². The van der Waals surface area contributed by atoms with E-state index in [-0.39, 0.29) is 11.8 Å². The monoisotopic (exact) mass is 389 g/mol.